The number of aromatic nitrogens is 2. The highest BCUT2D eigenvalue weighted by atomic mass is 35.5. The van der Waals surface area contributed by atoms with Gasteiger partial charge in [0, 0.05) is 49.5 Å². The van der Waals surface area contributed by atoms with E-state index in [2.05, 4.69) is 40.0 Å². The maximum Gasteiger partial charge on any atom is 0.252 e. The van der Waals surface area contributed by atoms with Crippen molar-refractivity contribution >= 4 is 34.0 Å². The second-order valence-electron chi connectivity index (χ2n) is 9.75. The van der Waals surface area contributed by atoms with Crippen LogP contribution in [-0.2, 0) is 7.05 Å². The third-order valence-electron chi connectivity index (χ3n) is 7.53. The van der Waals surface area contributed by atoms with E-state index >= 15 is 0 Å². The minimum atomic E-state index is -0.0621. The molecule has 1 aromatic carbocycles. The van der Waals surface area contributed by atoms with Gasteiger partial charge in [0.05, 0.1) is 11.2 Å². The third-order valence-corrected chi connectivity index (χ3v) is 7.78. The molecular formula is C27H30ClN5O. The van der Waals surface area contributed by atoms with Crippen LogP contribution in [0.1, 0.15) is 44.2 Å². The maximum atomic E-state index is 12.7. The first-order valence-corrected chi connectivity index (χ1v) is 12.5. The van der Waals surface area contributed by atoms with Gasteiger partial charge in [-0.3, -0.25) is 4.79 Å². The lowest BCUT2D eigenvalue weighted by atomic mass is 9.88. The topological polar surface area (TPSA) is 65.2 Å². The molecule has 0 unspecified atom stereocenters. The van der Waals surface area contributed by atoms with E-state index in [0.29, 0.717) is 23.3 Å². The zero-order chi connectivity index (χ0) is 23.8. The Bertz CT molecular complexity index is 1280. The van der Waals surface area contributed by atoms with E-state index in [1.165, 1.54) is 18.5 Å². The predicted octanol–water partition coefficient (Wildman–Crippen LogP) is 5.12. The van der Waals surface area contributed by atoms with Gasteiger partial charge in [-0.1, -0.05) is 11.6 Å². The zero-order valence-corrected chi connectivity index (χ0v) is 20.5. The highest BCUT2D eigenvalue weighted by Gasteiger charge is 2.32. The molecule has 2 aliphatic carbocycles. The molecule has 2 saturated carbocycles. The fraction of sp³-hybridized carbons (Fsp3) is 0.444. The number of rotatable bonds is 6. The number of anilines is 2. The number of hydrogen-bond donors (Lipinski definition) is 0. The number of aryl methyl sites for hydroxylation is 1. The fourth-order valence-electron chi connectivity index (χ4n) is 5.27. The molecule has 2 aliphatic rings. The van der Waals surface area contributed by atoms with Crippen LogP contribution in [0.3, 0.4) is 0 Å². The summed E-state index contributed by atoms with van der Waals surface area (Å²) in [6.07, 6.45) is 6.95. The van der Waals surface area contributed by atoms with Crippen LogP contribution in [0.25, 0.3) is 11.0 Å². The molecule has 176 valence electrons. The van der Waals surface area contributed by atoms with Crippen molar-refractivity contribution in [3.05, 3.63) is 63.5 Å². The molecule has 5 rings (SSSR count). The van der Waals surface area contributed by atoms with Crippen LogP contribution in [-0.4, -0.2) is 35.2 Å². The summed E-state index contributed by atoms with van der Waals surface area (Å²) in [7, 11) is 3.81. The normalized spacial score (nSPS) is 20.2. The summed E-state index contributed by atoms with van der Waals surface area (Å²) in [6, 6.07) is 16.4. The van der Waals surface area contributed by atoms with Crippen molar-refractivity contribution in [1.82, 2.24) is 9.55 Å². The Balaban J connectivity index is 1.37. The van der Waals surface area contributed by atoms with Crippen LogP contribution in [0.4, 0.5) is 11.4 Å². The average Bonchev–Trinajstić information content (AvgIpc) is 3.69. The lowest BCUT2D eigenvalue weighted by Gasteiger charge is -2.41. The summed E-state index contributed by atoms with van der Waals surface area (Å²) >= 11 is 6.14. The monoisotopic (exact) mass is 475 g/mol. The molecule has 0 bridgehead atoms. The first-order valence-electron chi connectivity index (χ1n) is 12.1. The second kappa shape index (κ2) is 9.31. The van der Waals surface area contributed by atoms with Gasteiger partial charge in [-0.25, -0.2) is 4.98 Å². The highest BCUT2D eigenvalue weighted by Crippen LogP contribution is 2.37. The van der Waals surface area contributed by atoms with Gasteiger partial charge in [0.1, 0.15) is 17.3 Å². The lowest BCUT2D eigenvalue weighted by Crippen LogP contribution is -2.44. The molecule has 2 fully saturated rings. The Hall–Kier alpha value is -3.04. The van der Waals surface area contributed by atoms with Crippen molar-refractivity contribution < 1.29 is 0 Å². The molecule has 34 heavy (non-hydrogen) atoms. The van der Waals surface area contributed by atoms with Gasteiger partial charge in [-0.2, -0.15) is 5.26 Å². The van der Waals surface area contributed by atoms with Crippen LogP contribution in [0, 0.1) is 17.2 Å². The third kappa shape index (κ3) is 4.50. The summed E-state index contributed by atoms with van der Waals surface area (Å²) in [4.78, 5) is 22.0. The van der Waals surface area contributed by atoms with Crippen molar-refractivity contribution in [3.63, 3.8) is 0 Å². The summed E-state index contributed by atoms with van der Waals surface area (Å²) in [5.74, 6) is 0.809. The summed E-state index contributed by atoms with van der Waals surface area (Å²) < 4.78 is 1.60. The molecule has 2 heterocycles. The van der Waals surface area contributed by atoms with Gasteiger partial charge in [0.2, 0.25) is 0 Å². The Morgan fingerprint density at radius 3 is 2.38 bits per heavy atom. The molecule has 0 radical (unpaired) electrons. The number of benzene rings is 1. The molecule has 0 amide bonds. The minimum Gasteiger partial charge on any atom is -0.370 e. The molecule has 3 aromatic rings. The SMILES string of the molecule is Cn1c(=O)cc(N(C)[C@H]2CC[C@@H](N(CC3CC3)c3ccc(Cl)cc3)CC2)c2nc(C#N)ccc21. The molecular weight excluding hydrogens is 446 g/mol. The van der Waals surface area contributed by atoms with Gasteiger partial charge >= 0.3 is 0 Å². The molecule has 2 aromatic heterocycles. The van der Waals surface area contributed by atoms with Crippen LogP contribution in [0.15, 0.2) is 47.3 Å². The molecule has 0 saturated heterocycles. The van der Waals surface area contributed by atoms with E-state index in [-0.39, 0.29) is 5.56 Å². The number of pyridine rings is 2. The lowest BCUT2D eigenvalue weighted by molar-refractivity contribution is 0.365. The van der Waals surface area contributed by atoms with Crippen molar-refractivity contribution in [2.75, 3.05) is 23.4 Å². The fourth-order valence-corrected chi connectivity index (χ4v) is 5.40. The number of nitriles is 1. The molecule has 0 atom stereocenters. The molecule has 0 spiro atoms. The maximum absolute atomic E-state index is 12.7. The number of hydrogen-bond acceptors (Lipinski definition) is 5. The van der Waals surface area contributed by atoms with Crippen molar-refractivity contribution in [2.45, 2.75) is 50.6 Å². The Labute approximate surface area is 205 Å². The number of fused-ring (bicyclic) bond motifs is 1. The zero-order valence-electron chi connectivity index (χ0n) is 19.7. The number of halogens is 1. The predicted molar refractivity (Wildman–Crippen MR) is 138 cm³/mol. The largest absolute Gasteiger partial charge is 0.370 e. The quantitative estimate of drug-likeness (QED) is 0.495. The van der Waals surface area contributed by atoms with E-state index in [1.54, 1.807) is 23.7 Å². The number of nitrogens with zero attached hydrogens (tertiary/aromatic N) is 5. The molecule has 0 aliphatic heterocycles. The van der Waals surface area contributed by atoms with Gasteiger partial charge in [-0.15, -0.1) is 0 Å². The van der Waals surface area contributed by atoms with E-state index in [4.69, 9.17) is 11.6 Å². The highest BCUT2D eigenvalue weighted by molar-refractivity contribution is 6.30. The Morgan fingerprint density at radius 1 is 1.06 bits per heavy atom. The van der Waals surface area contributed by atoms with E-state index in [0.717, 1.165) is 54.4 Å². The van der Waals surface area contributed by atoms with Gasteiger partial charge in [0.15, 0.2) is 0 Å². The first kappa shape index (κ1) is 22.7. The summed E-state index contributed by atoms with van der Waals surface area (Å²) in [5, 5.41) is 10.1. The van der Waals surface area contributed by atoms with Crippen LogP contribution in [0.5, 0.6) is 0 Å². The van der Waals surface area contributed by atoms with Crippen molar-refractivity contribution in [1.29, 1.82) is 5.26 Å². The molecule has 7 heteroatoms. The van der Waals surface area contributed by atoms with Crippen LogP contribution < -0.4 is 15.4 Å². The van der Waals surface area contributed by atoms with Crippen molar-refractivity contribution in [3.8, 4) is 6.07 Å². The average molecular weight is 476 g/mol. The van der Waals surface area contributed by atoms with Crippen molar-refractivity contribution in [2.24, 2.45) is 13.0 Å². The summed E-state index contributed by atoms with van der Waals surface area (Å²) in [5.41, 5.74) is 3.84. The van der Waals surface area contributed by atoms with E-state index < -0.39 is 0 Å². The summed E-state index contributed by atoms with van der Waals surface area (Å²) in [6.45, 7) is 1.12. The van der Waals surface area contributed by atoms with E-state index in [1.807, 2.05) is 18.2 Å². The van der Waals surface area contributed by atoms with Crippen LogP contribution in [0.2, 0.25) is 5.02 Å². The van der Waals surface area contributed by atoms with Gasteiger partial charge in [0.25, 0.3) is 5.56 Å². The molecule has 0 N–H and O–H groups in total. The van der Waals surface area contributed by atoms with Crippen LogP contribution >= 0.6 is 11.6 Å². The Morgan fingerprint density at radius 2 is 1.74 bits per heavy atom. The minimum absolute atomic E-state index is 0.0621. The Kier molecular flexibility index (Phi) is 6.22. The smallest absolute Gasteiger partial charge is 0.252 e. The second-order valence-corrected chi connectivity index (χ2v) is 10.2. The van der Waals surface area contributed by atoms with E-state index in [9.17, 15) is 10.1 Å². The standard InChI is InChI=1S/C27H30ClN5O/c1-31(25-15-26(34)32(2)24-14-7-20(16-29)30-27(24)25)21-10-12-23(13-11-21)33(17-18-3-4-18)22-8-5-19(28)6-9-22/h5-9,14-15,18,21,23H,3-4,10-13,17H2,1-2H3/t21-,23+. The molecule has 6 nitrogen and oxygen atoms in total. The van der Waals surface area contributed by atoms with Gasteiger partial charge in [-0.05, 0) is 80.8 Å². The first-order chi connectivity index (χ1) is 16.4. The van der Waals surface area contributed by atoms with Gasteiger partial charge < -0.3 is 14.4 Å².